The highest BCUT2D eigenvalue weighted by Crippen LogP contribution is 2.26. The van der Waals surface area contributed by atoms with Crippen LogP contribution in [0.15, 0.2) is 82.8 Å². The minimum atomic E-state index is -4.06. The molecule has 0 saturated heterocycles. The molecule has 0 fully saturated rings. The van der Waals surface area contributed by atoms with Crippen molar-refractivity contribution in [2.45, 2.75) is 11.8 Å². The number of hydrogen-bond donors (Lipinski definition) is 1. The number of amides is 1. The number of hydrazone groups is 1. The number of anilines is 1. The largest absolute Gasteiger partial charge is 0.465 e. The summed E-state index contributed by atoms with van der Waals surface area (Å²) in [5, 5.41) is 4.21. The summed E-state index contributed by atoms with van der Waals surface area (Å²) in [6.45, 7) is 1.33. The van der Waals surface area contributed by atoms with Crippen LogP contribution < -0.4 is 9.73 Å². The summed E-state index contributed by atoms with van der Waals surface area (Å²) in [6.07, 6.45) is 1.37. The molecule has 0 heterocycles. The molecular formula is C24H22ClN3O5S. The zero-order chi connectivity index (χ0) is 24.7. The third kappa shape index (κ3) is 6.21. The van der Waals surface area contributed by atoms with Crippen LogP contribution in [0.5, 0.6) is 0 Å². The van der Waals surface area contributed by atoms with Crippen LogP contribution in [0.2, 0.25) is 5.02 Å². The number of aryl methyl sites for hydroxylation is 1. The van der Waals surface area contributed by atoms with Gasteiger partial charge in [-0.2, -0.15) is 5.10 Å². The van der Waals surface area contributed by atoms with Crippen LogP contribution in [-0.4, -0.2) is 40.2 Å². The number of carbonyl (C=O) groups is 2. The Labute approximate surface area is 202 Å². The summed E-state index contributed by atoms with van der Waals surface area (Å²) in [7, 11) is -2.77. The number of halogens is 1. The number of hydrogen-bond acceptors (Lipinski definition) is 6. The van der Waals surface area contributed by atoms with Gasteiger partial charge in [-0.05, 0) is 55.0 Å². The standard InChI is InChI=1S/C24H22ClN3O5S/c1-17-6-12-22(13-7-17)34(31,32)28(21-5-3-4-20(25)14-21)16-23(29)27-26-15-18-8-10-19(11-9-18)24(30)33-2/h3-15H,16H2,1-2H3,(H,27,29)/b26-15-. The van der Waals surface area contributed by atoms with Crippen LogP contribution in [0.3, 0.4) is 0 Å². The fourth-order valence-electron chi connectivity index (χ4n) is 2.95. The second-order valence-corrected chi connectivity index (χ2v) is 9.51. The molecule has 0 aliphatic carbocycles. The van der Waals surface area contributed by atoms with E-state index in [1.165, 1.54) is 31.5 Å². The van der Waals surface area contributed by atoms with Crippen molar-refractivity contribution < 1.29 is 22.7 Å². The minimum absolute atomic E-state index is 0.0417. The molecule has 3 aromatic carbocycles. The Bertz CT molecular complexity index is 1310. The lowest BCUT2D eigenvalue weighted by molar-refractivity contribution is -0.119. The quantitative estimate of drug-likeness (QED) is 0.288. The van der Waals surface area contributed by atoms with Gasteiger partial charge in [0.05, 0.1) is 29.5 Å². The smallest absolute Gasteiger partial charge is 0.337 e. The normalized spacial score (nSPS) is 11.3. The number of nitrogens with zero attached hydrogens (tertiary/aromatic N) is 2. The molecular weight excluding hydrogens is 478 g/mol. The van der Waals surface area contributed by atoms with Crippen molar-refractivity contribution in [3.63, 3.8) is 0 Å². The number of esters is 1. The molecule has 34 heavy (non-hydrogen) atoms. The molecule has 0 radical (unpaired) electrons. The maximum atomic E-state index is 13.3. The van der Waals surface area contributed by atoms with E-state index in [1.54, 1.807) is 54.6 Å². The molecule has 1 N–H and O–H groups in total. The van der Waals surface area contributed by atoms with Crippen molar-refractivity contribution in [3.05, 3.63) is 94.5 Å². The first-order chi connectivity index (χ1) is 16.2. The highest BCUT2D eigenvalue weighted by Gasteiger charge is 2.27. The number of carbonyl (C=O) groups excluding carboxylic acids is 2. The van der Waals surface area contributed by atoms with Crippen LogP contribution in [-0.2, 0) is 19.6 Å². The third-order valence-electron chi connectivity index (χ3n) is 4.73. The van der Waals surface area contributed by atoms with Gasteiger partial charge in [0.15, 0.2) is 0 Å². The third-order valence-corrected chi connectivity index (χ3v) is 6.75. The van der Waals surface area contributed by atoms with Gasteiger partial charge in [-0.1, -0.05) is 47.5 Å². The van der Waals surface area contributed by atoms with E-state index in [9.17, 15) is 18.0 Å². The number of nitrogens with one attached hydrogen (secondary N) is 1. The molecule has 3 rings (SSSR count). The molecule has 0 aliphatic rings. The zero-order valence-electron chi connectivity index (χ0n) is 18.4. The van der Waals surface area contributed by atoms with Gasteiger partial charge in [0, 0.05) is 5.02 Å². The van der Waals surface area contributed by atoms with E-state index >= 15 is 0 Å². The minimum Gasteiger partial charge on any atom is -0.465 e. The Morgan fingerprint density at radius 1 is 1.06 bits per heavy atom. The molecule has 176 valence electrons. The Hall–Kier alpha value is -3.69. The summed E-state index contributed by atoms with van der Waals surface area (Å²) in [5.74, 6) is -1.12. The molecule has 8 nitrogen and oxygen atoms in total. The van der Waals surface area contributed by atoms with Crippen LogP contribution in [0.4, 0.5) is 5.69 Å². The van der Waals surface area contributed by atoms with Gasteiger partial charge >= 0.3 is 5.97 Å². The Morgan fingerprint density at radius 2 is 1.74 bits per heavy atom. The second kappa shape index (κ2) is 11.0. The van der Waals surface area contributed by atoms with Gasteiger partial charge in [-0.25, -0.2) is 18.6 Å². The van der Waals surface area contributed by atoms with Gasteiger partial charge in [0.25, 0.3) is 15.9 Å². The summed E-state index contributed by atoms with van der Waals surface area (Å²) in [4.78, 5) is 24.1. The van der Waals surface area contributed by atoms with Gasteiger partial charge < -0.3 is 4.74 Å². The summed E-state index contributed by atoms with van der Waals surface area (Å²) in [6, 6.07) is 18.9. The average molecular weight is 500 g/mol. The average Bonchev–Trinajstić information content (AvgIpc) is 2.82. The molecule has 1 amide bonds. The van der Waals surface area contributed by atoms with Crippen molar-refractivity contribution in [1.29, 1.82) is 0 Å². The van der Waals surface area contributed by atoms with Crippen molar-refractivity contribution in [3.8, 4) is 0 Å². The number of methoxy groups -OCH3 is 1. The van der Waals surface area contributed by atoms with Crippen molar-refractivity contribution in [2.24, 2.45) is 5.10 Å². The molecule has 0 aromatic heterocycles. The van der Waals surface area contributed by atoms with Gasteiger partial charge in [-0.3, -0.25) is 9.10 Å². The predicted molar refractivity (Wildman–Crippen MR) is 131 cm³/mol. The summed E-state index contributed by atoms with van der Waals surface area (Å²) >= 11 is 6.06. The predicted octanol–water partition coefficient (Wildman–Crippen LogP) is 3.78. The monoisotopic (exact) mass is 499 g/mol. The second-order valence-electron chi connectivity index (χ2n) is 7.21. The zero-order valence-corrected chi connectivity index (χ0v) is 20.0. The molecule has 0 bridgehead atoms. The van der Waals surface area contributed by atoms with Crippen LogP contribution >= 0.6 is 11.6 Å². The molecule has 0 unspecified atom stereocenters. The Morgan fingerprint density at radius 3 is 2.35 bits per heavy atom. The first-order valence-corrected chi connectivity index (χ1v) is 11.9. The maximum Gasteiger partial charge on any atom is 0.337 e. The highest BCUT2D eigenvalue weighted by molar-refractivity contribution is 7.92. The van der Waals surface area contributed by atoms with Crippen molar-refractivity contribution >= 4 is 45.4 Å². The fourth-order valence-corrected chi connectivity index (χ4v) is 4.55. The lowest BCUT2D eigenvalue weighted by Gasteiger charge is -2.24. The van der Waals surface area contributed by atoms with Crippen molar-refractivity contribution in [2.75, 3.05) is 18.0 Å². The molecule has 10 heteroatoms. The van der Waals surface area contributed by atoms with E-state index < -0.39 is 28.4 Å². The highest BCUT2D eigenvalue weighted by atomic mass is 35.5. The van der Waals surface area contributed by atoms with Crippen LogP contribution in [0.1, 0.15) is 21.5 Å². The van der Waals surface area contributed by atoms with E-state index in [4.69, 9.17) is 11.6 Å². The van der Waals surface area contributed by atoms with E-state index in [2.05, 4.69) is 15.3 Å². The van der Waals surface area contributed by atoms with E-state index in [0.717, 1.165) is 9.87 Å². The number of ether oxygens (including phenoxy) is 1. The molecule has 0 atom stereocenters. The summed E-state index contributed by atoms with van der Waals surface area (Å²) < 4.78 is 32.3. The Balaban J connectivity index is 1.78. The lowest BCUT2D eigenvalue weighted by Crippen LogP contribution is -2.39. The first kappa shape index (κ1) is 24.9. The summed E-state index contributed by atoms with van der Waals surface area (Å²) in [5.41, 5.74) is 4.47. The van der Waals surface area contributed by atoms with Gasteiger partial charge in [0.2, 0.25) is 0 Å². The lowest BCUT2D eigenvalue weighted by atomic mass is 10.1. The van der Waals surface area contributed by atoms with Crippen LogP contribution in [0.25, 0.3) is 0 Å². The van der Waals surface area contributed by atoms with E-state index in [-0.39, 0.29) is 10.6 Å². The maximum absolute atomic E-state index is 13.3. The van der Waals surface area contributed by atoms with E-state index in [0.29, 0.717) is 16.1 Å². The molecule has 0 saturated carbocycles. The first-order valence-electron chi connectivity index (χ1n) is 10.1. The fraction of sp³-hybridized carbons (Fsp3) is 0.125. The topological polar surface area (TPSA) is 105 Å². The number of sulfonamides is 1. The van der Waals surface area contributed by atoms with Crippen molar-refractivity contribution in [1.82, 2.24) is 5.43 Å². The molecule has 3 aromatic rings. The van der Waals surface area contributed by atoms with E-state index in [1.807, 2.05) is 6.92 Å². The van der Waals surface area contributed by atoms with Gasteiger partial charge in [-0.15, -0.1) is 0 Å². The van der Waals surface area contributed by atoms with Crippen LogP contribution in [0, 0.1) is 6.92 Å². The molecule has 0 aliphatic heterocycles. The number of rotatable bonds is 8. The molecule has 0 spiro atoms. The Kier molecular flexibility index (Phi) is 8.04. The SMILES string of the molecule is COC(=O)c1ccc(/C=N\NC(=O)CN(c2cccc(Cl)c2)S(=O)(=O)c2ccc(C)cc2)cc1. The number of benzene rings is 3. The van der Waals surface area contributed by atoms with Gasteiger partial charge in [0.1, 0.15) is 6.54 Å².